The number of nitrogens with one attached hydrogen (secondary N) is 1. The van der Waals surface area contributed by atoms with Crippen molar-refractivity contribution in [1.29, 1.82) is 5.26 Å². The highest BCUT2D eigenvalue weighted by atomic mass is 32.2. The molecule has 1 aliphatic carbocycles. The smallest absolute Gasteiger partial charge is 0.235 e. The van der Waals surface area contributed by atoms with Crippen LogP contribution in [0.1, 0.15) is 28.0 Å². The van der Waals surface area contributed by atoms with Gasteiger partial charge in [-0.25, -0.2) is 0 Å². The maximum absolute atomic E-state index is 12.8. The van der Waals surface area contributed by atoms with Crippen LogP contribution in [0.15, 0.2) is 29.4 Å². The number of ether oxygens (including phenoxy) is 1. The zero-order valence-corrected chi connectivity index (χ0v) is 20.0. The first-order chi connectivity index (χ1) is 16.1. The SMILES string of the molecule is Cc1ccc(-n2c(SCC(=O)Nc3sc4c(c3C#N)CCC4)nnc2N2CCOCC2)cc1. The van der Waals surface area contributed by atoms with Crippen molar-refractivity contribution in [3.63, 3.8) is 0 Å². The number of hydrogen-bond donors (Lipinski definition) is 1. The second kappa shape index (κ2) is 9.55. The Kier molecular flexibility index (Phi) is 6.35. The number of rotatable bonds is 6. The van der Waals surface area contributed by atoms with Crippen molar-refractivity contribution in [3.8, 4) is 11.8 Å². The molecule has 1 N–H and O–H groups in total. The van der Waals surface area contributed by atoms with Gasteiger partial charge in [0.15, 0.2) is 5.16 Å². The third-order valence-corrected chi connectivity index (χ3v) is 7.96. The molecular formula is C23H24N6O2S2. The lowest BCUT2D eigenvalue weighted by Gasteiger charge is -2.27. The van der Waals surface area contributed by atoms with Crippen molar-refractivity contribution in [2.24, 2.45) is 0 Å². The Morgan fingerprint density at radius 2 is 2.03 bits per heavy atom. The summed E-state index contributed by atoms with van der Waals surface area (Å²) in [6, 6.07) is 10.5. The maximum atomic E-state index is 12.8. The topological polar surface area (TPSA) is 96.1 Å². The molecule has 0 saturated carbocycles. The van der Waals surface area contributed by atoms with E-state index in [-0.39, 0.29) is 11.7 Å². The van der Waals surface area contributed by atoms with Crippen molar-refractivity contribution in [1.82, 2.24) is 14.8 Å². The zero-order chi connectivity index (χ0) is 22.8. The molecule has 8 nitrogen and oxygen atoms in total. The maximum Gasteiger partial charge on any atom is 0.235 e. The van der Waals surface area contributed by atoms with Crippen LogP contribution in [0.5, 0.6) is 0 Å². The van der Waals surface area contributed by atoms with Gasteiger partial charge in [0, 0.05) is 18.0 Å². The number of morpholine rings is 1. The number of thioether (sulfide) groups is 1. The number of fused-ring (bicyclic) bond motifs is 1. The van der Waals surface area contributed by atoms with Crippen LogP contribution in [-0.4, -0.2) is 52.7 Å². The van der Waals surface area contributed by atoms with Crippen molar-refractivity contribution in [2.45, 2.75) is 31.3 Å². The molecule has 3 aromatic rings. The summed E-state index contributed by atoms with van der Waals surface area (Å²) < 4.78 is 7.49. The van der Waals surface area contributed by atoms with Gasteiger partial charge in [0.05, 0.1) is 30.2 Å². The molecule has 0 spiro atoms. The van der Waals surface area contributed by atoms with Gasteiger partial charge < -0.3 is 15.0 Å². The molecule has 5 rings (SSSR count). The molecule has 1 amide bonds. The lowest BCUT2D eigenvalue weighted by molar-refractivity contribution is -0.113. The highest BCUT2D eigenvalue weighted by Crippen LogP contribution is 2.38. The summed E-state index contributed by atoms with van der Waals surface area (Å²) in [6.07, 6.45) is 2.99. The van der Waals surface area contributed by atoms with Crippen LogP contribution in [0.2, 0.25) is 0 Å². The molecule has 0 unspecified atom stereocenters. The predicted octanol–water partition coefficient (Wildman–Crippen LogP) is 3.57. The van der Waals surface area contributed by atoms with Gasteiger partial charge in [0.2, 0.25) is 11.9 Å². The van der Waals surface area contributed by atoms with Crippen molar-refractivity contribution in [3.05, 3.63) is 45.8 Å². The number of carbonyl (C=O) groups excluding carboxylic acids is 1. The minimum Gasteiger partial charge on any atom is -0.378 e. The van der Waals surface area contributed by atoms with Gasteiger partial charge in [-0.05, 0) is 43.9 Å². The largest absolute Gasteiger partial charge is 0.378 e. The quantitative estimate of drug-likeness (QED) is 0.539. The van der Waals surface area contributed by atoms with Gasteiger partial charge in [-0.15, -0.1) is 21.5 Å². The summed E-state index contributed by atoms with van der Waals surface area (Å²) in [4.78, 5) is 16.1. The summed E-state index contributed by atoms with van der Waals surface area (Å²) >= 11 is 2.88. The summed E-state index contributed by atoms with van der Waals surface area (Å²) in [5, 5.41) is 22.7. The van der Waals surface area contributed by atoms with Gasteiger partial charge in [-0.1, -0.05) is 29.5 Å². The summed E-state index contributed by atoms with van der Waals surface area (Å²) in [5.74, 6) is 0.787. The Morgan fingerprint density at radius 3 is 2.79 bits per heavy atom. The van der Waals surface area contributed by atoms with Gasteiger partial charge >= 0.3 is 0 Å². The standard InChI is InChI=1S/C23H24N6O2S2/c1-15-5-7-16(8-6-15)29-22(28-9-11-31-12-10-28)26-27-23(29)32-14-20(30)25-21-18(13-24)17-3-2-4-19(17)33-21/h5-8H,2-4,9-12,14H2,1H3,(H,25,30). The molecule has 0 atom stereocenters. The third kappa shape index (κ3) is 4.49. The minimum absolute atomic E-state index is 0.150. The number of carbonyl (C=O) groups is 1. The number of amides is 1. The van der Waals surface area contributed by atoms with Gasteiger partial charge in [-0.2, -0.15) is 5.26 Å². The zero-order valence-electron chi connectivity index (χ0n) is 18.3. The van der Waals surface area contributed by atoms with E-state index in [4.69, 9.17) is 4.74 Å². The molecule has 1 aliphatic heterocycles. The lowest BCUT2D eigenvalue weighted by Crippen LogP contribution is -2.37. The van der Waals surface area contributed by atoms with E-state index in [9.17, 15) is 10.1 Å². The first-order valence-corrected chi connectivity index (χ1v) is 12.8. The number of nitriles is 1. The second-order valence-corrected chi connectivity index (χ2v) is 10.1. The van der Waals surface area contributed by atoms with Crippen LogP contribution >= 0.6 is 23.1 Å². The second-order valence-electron chi connectivity index (χ2n) is 8.06. The number of nitrogens with zero attached hydrogens (tertiary/aromatic N) is 5. The highest BCUT2D eigenvalue weighted by Gasteiger charge is 2.25. The molecule has 1 saturated heterocycles. The molecule has 0 bridgehead atoms. The summed E-state index contributed by atoms with van der Waals surface area (Å²) in [5.41, 5.74) is 3.86. The molecule has 3 heterocycles. The molecule has 2 aliphatic rings. The Hall–Kier alpha value is -2.87. The minimum atomic E-state index is -0.150. The fourth-order valence-corrected chi connectivity index (χ4v) is 6.15. The van der Waals surface area contributed by atoms with Crippen LogP contribution in [0.25, 0.3) is 5.69 Å². The third-order valence-electron chi connectivity index (χ3n) is 5.82. The van der Waals surface area contributed by atoms with E-state index in [1.807, 2.05) is 16.7 Å². The van der Waals surface area contributed by atoms with E-state index in [0.717, 1.165) is 49.6 Å². The Balaban J connectivity index is 1.35. The van der Waals surface area contributed by atoms with Gasteiger partial charge in [-0.3, -0.25) is 9.36 Å². The molecule has 1 fully saturated rings. The van der Waals surface area contributed by atoms with Crippen molar-refractivity contribution in [2.75, 3.05) is 42.3 Å². The number of thiophene rings is 1. The molecular weight excluding hydrogens is 456 g/mol. The number of aromatic nitrogens is 3. The first kappa shape index (κ1) is 21.9. The fourth-order valence-electron chi connectivity index (χ4n) is 4.15. The first-order valence-electron chi connectivity index (χ1n) is 11.0. The fraction of sp³-hybridized carbons (Fsp3) is 0.391. The molecule has 10 heteroatoms. The number of benzene rings is 1. The van der Waals surface area contributed by atoms with E-state index in [1.54, 1.807) is 0 Å². The number of anilines is 2. The summed E-state index contributed by atoms with van der Waals surface area (Å²) in [6.45, 7) is 4.84. The number of hydrogen-bond acceptors (Lipinski definition) is 8. The molecule has 33 heavy (non-hydrogen) atoms. The Bertz CT molecular complexity index is 1210. The monoisotopic (exact) mass is 480 g/mol. The Labute approximate surface area is 200 Å². The van der Waals surface area contributed by atoms with E-state index in [2.05, 4.69) is 45.5 Å². The normalized spacial score (nSPS) is 15.3. The lowest BCUT2D eigenvalue weighted by atomic mass is 10.1. The van der Waals surface area contributed by atoms with E-state index in [0.29, 0.717) is 28.9 Å². The summed E-state index contributed by atoms with van der Waals surface area (Å²) in [7, 11) is 0. The van der Waals surface area contributed by atoms with Crippen LogP contribution in [0.3, 0.4) is 0 Å². The predicted molar refractivity (Wildman–Crippen MR) is 130 cm³/mol. The van der Waals surface area contributed by atoms with E-state index in [1.165, 1.54) is 33.5 Å². The molecule has 2 aromatic heterocycles. The van der Waals surface area contributed by atoms with E-state index >= 15 is 0 Å². The molecule has 0 radical (unpaired) electrons. The van der Waals surface area contributed by atoms with Crippen LogP contribution < -0.4 is 10.2 Å². The number of aryl methyl sites for hydroxylation is 2. The van der Waals surface area contributed by atoms with Crippen LogP contribution in [0.4, 0.5) is 10.9 Å². The Morgan fingerprint density at radius 1 is 1.24 bits per heavy atom. The van der Waals surface area contributed by atoms with Gasteiger partial charge in [0.1, 0.15) is 11.1 Å². The molecule has 170 valence electrons. The highest BCUT2D eigenvalue weighted by molar-refractivity contribution is 7.99. The average molecular weight is 481 g/mol. The van der Waals surface area contributed by atoms with Crippen LogP contribution in [-0.2, 0) is 22.4 Å². The van der Waals surface area contributed by atoms with Crippen molar-refractivity contribution < 1.29 is 9.53 Å². The van der Waals surface area contributed by atoms with E-state index < -0.39 is 0 Å². The average Bonchev–Trinajstić information content (AvgIpc) is 3.53. The van der Waals surface area contributed by atoms with Crippen molar-refractivity contribution >= 4 is 40.0 Å². The van der Waals surface area contributed by atoms with Crippen LogP contribution in [0, 0.1) is 18.3 Å². The molecule has 1 aromatic carbocycles. The van der Waals surface area contributed by atoms with Gasteiger partial charge in [0.25, 0.3) is 0 Å².